The summed E-state index contributed by atoms with van der Waals surface area (Å²) in [6.45, 7) is 8.22. The molecule has 1 aliphatic heterocycles. The second-order valence-corrected chi connectivity index (χ2v) is 8.42. The highest BCUT2D eigenvalue weighted by molar-refractivity contribution is 6.02. The second kappa shape index (κ2) is 9.29. The van der Waals surface area contributed by atoms with Crippen LogP contribution < -0.4 is 9.47 Å². The Morgan fingerprint density at radius 1 is 1.03 bits per heavy atom. The maximum Gasteiger partial charge on any atom is 0.174 e. The fourth-order valence-corrected chi connectivity index (χ4v) is 3.77. The van der Waals surface area contributed by atoms with Gasteiger partial charge < -0.3 is 19.7 Å². The Bertz CT molecular complexity index is 1010. The number of carbonyl (C=O) groups excluding carboxylic acids is 1. The van der Waals surface area contributed by atoms with Gasteiger partial charge in [-0.1, -0.05) is 23.3 Å². The predicted molar refractivity (Wildman–Crippen MR) is 121 cm³/mol. The van der Waals surface area contributed by atoms with E-state index in [2.05, 4.69) is 39.8 Å². The summed E-state index contributed by atoms with van der Waals surface area (Å²) in [7, 11) is 1.68. The number of hydrogen-bond acceptors (Lipinski definition) is 5. The fraction of sp³-hybridized carbons (Fsp3) is 0.346. The average molecular weight is 423 g/mol. The van der Waals surface area contributed by atoms with E-state index in [0.717, 1.165) is 28.5 Å². The molecule has 1 unspecified atom stereocenters. The summed E-state index contributed by atoms with van der Waals surface area (Å²) in [6, 6.07) is 6.57. The first kappa shape index (κ1) is 22.5. The molecule has 0 aromatic heterocycles. The van der Waals surface area contributed by atoms with Crippen molar-refractivity contribution in [2.24, 2.45) is 0 Å². The molecule has 164 valence electrons. The van der Waals surface area contributed by atoms with Gasteiger partial charge in [-0.15, -0.1) is 0 Å². The van der Waals surface area contributed by atoms with Crippen molar-refractivity contribution in [3.8, 4) is 23.0 Å². The van der Waals surface area contributed by atoms with Gasteiger partial charge in [0, 0.05) is 12.1 Å². The first-order valence-electron chi connectivity index (χ1n) is 10.4. The van der Waals surface area contributed by atoms with Crippen molar-refractivity contribution in [2.45, 2.75) is 53.1 Å². The number of rotatable bonds is 6. The lowest BCUT2D eigenvalue weighted by atomic mass is 9.91. The van der Waals surface area contributed by atoms with Crippen molar-refractivity contribution in [2.75, 3.05) is 7.11 Å². The largest absolute Gasteiger partial charge is 0.508 e. The van der Waals surface area contributed by atoms with Gasteiger partial charge in [0.25, 0.3) is 0 Å². The van der Waals surface area contributed by atoms with Crippen LogP contribution in [0.15, 0.2) is 47.6 Å². The number of aromatic hydroxyl groups is 2. The van der Waals surface area contributed by atoms with Crippen LogP contribution in [0.1, 0.15) is 67.3 Å². The van der Waals surface area contributed by atoms with Crippen molar-refractivity contribution in [3.63, 3.8) is 0 Å². The molecule has 1 atom stereocenters. The van der Waals surface area contributed by atoms with Gasteiger partial charge in [0.05, 0.1) is 13.5 Å². The highest BCUT2D eigenvalue weighted by Gasteiger charge is 2.31. The van der Waals surface area contributed by atoms with E-state index in [-0.39, 0.29) is 35.0 Å². The standard InChI is InChI=1S/C26H30O5/c1-15(2)6-8-17-10-19(11-18(26(17)30-5)9-7-16(3)4)23-14-22(29)25-21(28)12-20(27)13-24(25)31-23/h6-7,10-13,23,27-28H,8-9,14H2,1-5H3. The minimum absolute atomic E-state index is 0.113. The number of phenolic OH excluding ortho intramolecular Hbond substituents is 2. The second-order valence-electron chi connectivity index (χ2n) is 8.42. The average Bonchev–Trinajstić information content (AvgIpc) is 2.69. The lowest BCUT2D eigenvalue weighted by molar-refractivity contribution is 0.0844. The third kappa shape index (κ3) is 5.10. The molecule has 0 bridgehead atoms. The maximum atomic E-state index is 12.8. The fourth-order valence-electron chi connectivity index (χ4n) is 3.77. The molecule has 2 aromatic rings. The molecule has 1 heterocycles. The molecule has 5 nitrogen and oxygen atoms in total. The molecule has 0 radical (unpaired) electrons. The zero-order valence-corrected chi connectivity index (χ0v) is 18.8. The SMILES string of the molecule is COc1c(CC=C(C)C)cc(C2CC(=O)c3c(O)cc(O)cc3O2)cc1CC=C(C)C. The maximum absolute atomic E-state index is 12.8. The molecule has 2 aromatic carbocycles. The molecule has 0 saturated carbocycles. The molecule has 2 N–H and O–H groups in total. The summed E-state index contributed by atoms with van der Waals surface area (Å²) in [5.74, 6) is 0.425. The van der Waals surface area contributed by atoms with Crippen LogP contribution >= 0.6 is 0 Å². The Morgan fingerprint density at radius 2 is 1.61 bits per heavy atom. The zero-order valence-electron chi connectivity index (χ0n) is 18.8. The number of allylic oxidation sites excluding steroid dienone is 4. The van der Waals surface area contributed by atoms with E-state index in [1.165, 1.54) is 17.2 Å². The molecule has 3 rings (SSSR count). The van der Waals surface area contributed by atoms with Crippen LogP contribution in [0.25, 0.3) is 0 Å². The number of benzene rings is 2. The van der Waals surface area contributed by atoms with Crippen molar-refractivity contribution in [1.29, 1.82) is 0 Å². The van der Waals surface area contributed by atoms with Crippen LogP contribution in [0.4, 0.5) is 0 Å². The summed E-state index contributed by atoms with van der Waals surface area (Å²) >= 11 is 0. The van der Waals surface area contributed by atoms with Gasteiger partial charge >= 0.3 is 0 Å². The van der Waals surface area contributed by atoms with Crippen LogP contribution in [0.3, 0.4) is 0 Å². The number of carbonyl (C=O) groups is 1. The van der Waals surface area contributed by atoms with Crippen LogP contribution in [-0.4, -0.2) is 23.1 Å². The Hall–Kier alpha value is -3.21. The van der Waals surface area contributed by atoms with E-state index in [1.807, 2.05) is 12.1 Å². The number of fused-ring (bicyclic) bond motifs is 1. The number of methoxy groups -OCH3 is 1. The van der Waals surface area contributed by atoms with Gasteiger partial charge in [-0.05, 0) is 69.4 Å². The number of Topliss-reactive ketones (excluding diaryl/α,β-unsaturated/α-hetero) is 1. The van der Waals surface area contributed by atoms with E-state index >= 15 is 0 Å². The lowest BCUT2D eigenvalue weighted by Crippen LogP contribution is -2.21. The van der Waals surface area contributed by atoms with Crippen molar-refractivity contribution in [1.82, 2.24) is 0 Å². The quantitative estimate of drug-likeness (QED) is 0.573. The summed E-state index contributed by atoms with van der Waals surface area (Å²) in [5, 5.41) is 19.9. The normalized spacial score (nSPS) is 15.0. The summed E-state index contributed by atoms with van der Waals surface area (Å²) in [6.07, 6.45) is 5.31. The molecule has 0 saturated heterocycles. The Labute approximate surface area is 183 Å². The third-order valence-corrected chi connectivity index (χ3v) is 5.29. The first-order valence-corrected chi connectivity index (χ1v) is 10.4. The van der Waals surface area contributed by atoms with Crippen molar-refractivity contribution >= 4 is 5.78 Å². The zero-order chi connectivity index (χ0) is 22.7. The van der Waals surface area contributed by atoms with Gasteiger partial charge in [0.1, 0.15) is 34.7 Å². The first-order chi connectivity index (χ1) is 14.7. The molecule has 1 aliphatic rings. The van der Waals surface area contributed by atoms with E-state index in [1.54, 1.807) is 7.11 Å². The van der Waals surface area contributed by atoms with Gasteiger partial charge in [-0.3, -0.25) is 4.79 Å². The van der Waals surface area contributed by atoms with Crippen LogP contribution in [-0.2, 0) is 12.8 Å². The summed E-state index contributed by atoms with van der Waals surface area (Å²) in [4.78, 5) is 12.8. The highest BCUT2D eigenvalue weighted by atomic mass is 16.5. The smallest absolute Gasteiger partial charge is 0.174 e. The molecule has 5 heteroatoms. The van der Waals surface area contributed by atoms with E-state index < -0.39 is 6.10 Å². The van der Waals surface area contributed by atoms with Gasteiger partial charge in [-0.25, -0.2) is 0 Å². The number of ether oxygens (including phenoxy) is 2. The molecule has 0 fully saturated rings. The third-order valence-electron chi connectivity index (χ3n) is 5.29. The Morgan fingerprint density at radius 3 is 2.13 bits per heavy atom. The van der Waals surface area contributed by atoms with E-state index in [0.29, 0.717) is 12.8 Å². The van der Waals surface area contributed by atoms with Crippen molar-refractivity contribution < 1.29 is 24.5 Å². The number of hydrogen-bond donors (Lipinski definition) is 2. The van der Waals surface area contributed by atoms with Gasteiger partial charge in [0.2, 0.25) is 0 Å². The molecule has 0 amide bonds. The van der Waals surface area contributed by atoms with Gasteiger partial charge in [0.15, 0.2) is 5.78 Å². The summed E-state index contributed by atoms with van der Waals surface area (Å²) < 4.78 is 11.8. The summed E-state index contributed by atoms with van der Waals surface area (Å²) in [5.41, 5.74) is 5.47. The lowest BCUT2D eigenvalue weighted by Gasteiger charge is -2.27. The molecule has 31 heavy (non-hydrogen) atoms. The topological polar surface area (TPSA) is 76.0 Å². The Balaban J connectivity index is 2.08. The van der Waals surface area contributed by atoms with Crippen LogP contribution in [0, 0.1) is 0 Å². The monoisotopic (exact) mass is 422 g/mol. The van der Waals surface area contributed by atoms with Gasteiger partial charge in [-0.2, -0.15) is 0 Å². The molecule has 0 spiro atoms. The molecular weight excluding hydrogens is 392 g/mol. The molecular formula is C26H30O5. The number of ketones is 1. The van der Waals surface area contributed by atoms with Crippen LogP contribution in [0.5, 0.6) is 23.0 Å². The minimum atomic E-state index is -0.511. The highest BCUT2D eigenvalue weighted by Crippen LogP contribution is 2.42. The van der Waals surface area contributed by atoms with Crippen LogP contribution in [0.2, 0.25) is 0 Å². The van der Waals surface area contributed by atoms with E-state index in [9.17, 15) is 15.0 Å². The van der Waals surface area contributed by atoms with Crippen molar-refractivity contribution in [3.05, 3.63) is 69.8 Å². The van der Waals surface area contributed by atoms with E-state index in [4.69, 9.17) is 9.47 Å². The predicted octanol–water partition coefficient (Wildman–Crippen LogP) is 5.83. The minimum Gasteiger partial charge on any atom is -0.508 e. The Kier molecular flexibility index (Phi) is 6.74. The molecule has 0 aliphatic carbocycles. The number of phenols is 2.